The number of benzene rings is 1. The minimum Gasteiger partial charge on any atom is -0.357 e. The number of rotatable bonds is 9. The van der Waals surface area contributed by atoms with Crippen molar-refractivity contribution in [2.75, 3.05) is 37.6 Å². The second kappa shape index (κ2) is 10.7. The van der Waals surface area contributed by atoms with Gasteiger partial charge in [-0.25, -0.2) is 9.97 Å². The van der Waals surface area contributed by atoms with Gasteiger partial charge in [-0.2, -0.15) is 5.10 Å². The van der Waals surface area contributed by atoms with Crippen LogP contribution in [0.4, 0.5) is 5.82 Å². The molecule has 37 heavy (non-hydrogen) atoms. The molecule has 0 radical (unpaired) electrons. The van der Waals surface area contributed by atoms with Crippen molar-refractivity contribution in [1.82, 2.24) is 29.2 Å². The molecule has 0 bridgehead atoms. The summed E-state index contributed by atoms with van der Waals surface area (Å²) in [7, 11) is 0. The highest BCUT2D eigenvalue weighted by molar-refractivity contribution is 5.88. The molecule has 7 heteroatoms. The van der Waals surface area contributed by atoms with Crippen molar-refractivity contribution in [3.63, 3.8) is 0 Å². The van der Waals surface area contributed by atoms with E-state index in [4.69, 9.17) is 15.1 Å². The largest absolute Gasteiger partial charge is 0.357 e. The predicted octanol–water partition coefficient (Wildman–Crippen LogP) is 5.63. The molecular weight excluding hydrogens is 458 g/mol. The van der Waals surface area contributed by atoms with Gasteiger partial charge in [0, 0.05) is 37.4 Å². The standard InChI is InChI=1S/C30H39N7/c1-3-35(4-2)28-13-8-11-25(32-28)30-29(26-12-9-20-37(26)33-30)23-14-15-24-27(21-23)36(22-31-24)19-10-18-34-16-6-5-7-17-34/h8,11,13-15,21-22H,3-7,9-10,12,16-20H2,1-2H3. The third kappa shape index (κ3) is 4.77. The molecule has 6 rings (SSSR count). The molecule has 0 aliphatic carbocycles. The number of aryl methyl sites for hydroxylation is 2. The van der Waals surface area contributed by atoms with Gasteiger partial charge in [-0.3, -0.25) is 4.68 Å². The van der Waals surface area contributed by atoms with Gasteiger partial charge in [-0.1, -0.05) is 18.6 Å². The number of likely N-dealkylation sites (tertiary alicyclic amines) is 1. The lowest BCUT2D eigenvalue weighted by atomic mass is 9.99. The van der Waals surface area contributed by atoms with Crippen LogP contribution in [0.25, 0.3) is 33.5 Å². The van der Waals surface area contributed by atoms with Gasteiger partial charge in [0.2, 0.25) is 0 Å². The summed E-state index contributed by atoms with van der Waals surface area (Å²) in [6, 6.07) is 13.1. The van der Waals surface area contributed by atoms with E-state index in [1.165, 1.54) is 61.2 Å². The normalized spacial score (nSPS) is 15.9. The van der Waals surface area contributed by atoms with Crippen molar-refractivity contribution in [2.45, 2.75) is 65.5 Å². The average Bonchev–Trinajstić information content (AvgIpc) is 3.65. The minimum absolute atomic E-state index is 0.942. The predicted molar refractivity (Wildman–Crippen MR) is 151 cm³/mol. The first-order valence-electron chi connectivity index (χ1n) is 14.2. The van der Waals surface area contributed by atoms with Crippen LogP contribution in [0, 0.1) is 0 Å². The van der Waals surface area contributed by atoms with Crippen LogP contribution in [-0.4, -0.2) is 61.9 Å². The average molecular weight is 498 g/mol. The Morgan fingerprint density at radius 1 is 0.919 bits per heavy atom. The Bertz CT molecular complexity index is 1360. The van der Waals surface area contributed by atoms with E-state index in [0.29, 0.717) is 0 Å². The first kappa shape index (κ1) is 24.2. The molecule has 2 aliphatic heterocycles. The Hall–Kier alpha value is -3.19. The summed E-state index contributed by atoms with van der Waals surface area (Å²) in [4.78, 5) is 14.7. The molecule has 1 fully saturated rings. The first-order valence-corrected chi connectivity index (χ1v) is 14.2. The number of hydrogen-bond donors (Lipinski definition) is 0. The van der Waals surface area contributed by atoms with Gasteiger partial charge in [0.15, 0.2) is 0 Å². The van der Waals surface area contributed by atoms with Crippen LogP contribution >= 0.6 is 0 Å². The number of aromatic nitrogens is 5. The van der Waals surface area contributed by atoms with E-state index < -0.39 is 0 Å². The molecular formula is C30H39N7. The molecule has 4 aromatic rings. The van der Waals surface area contributed by atoms with E-state index >= 15 is 0 Å². The van der Waals surface area contributed by atoms with Gasteiger partial charge < -0.3 is 14.4 Å². The molecule has 0 amide bonds. The number of pyridine rings is 1. The fourth-order valence-electron chi connectivity index (χ4n) is 6.13. The van der Waals surface area contributed by atoms with Gasteiger partial charge >= 0.3 is 0 Å². The lowest BCUT2D eigenvalue weighted by Crippen LogP contribution is -2.31. The number of fused-ring (bicyclic) bond motifs is 2. The maximum absolute atomic E-state index is 5.09. The summed E-state index contributed by atoms with van der Waals surface area (Å²) < 4.78 is 4.54. The van der Waals surface area contributed by atoms with Crippen molar-refractivity contribution >= 4 is 16.9 Å². The zero-order valence-corrected chi connectivity index (χ0v) is 22.4. The molecule has 0 unspecified atom stereocenters. The molecule has 0 saturated carbocycles. The van der Waals surface area contributed by atoms with Gasteiger partial charge in [0.05, 0.1) is 23.1 Å². The van der Waals surface area contributed by atoms with Crippen LogP contribution < -0.4 is 4.90 Å². The maximum atomic E-state index is 5.09. The van der Waals surface area contributed by atoms with Crippen LogP contribution in [0.3, 0.4) is 0 Å². The molecule has 1 saturated heterocycles. The van der Waals surface area contributed by atoms with Gasteiger partial charge in [0.25, 0.3) is 0 Å². The second-order valence-electron chi connectivity index (χ2n) is 10.4. The fraction of sp³-hybridized carbons (Fsp3) is 0.500. The third-order valence-electron chi connectivity index (χ3n) is 8.14. The molecule has 0 atom stereocenters. The van der Waals surface area contributed by atoms with Crippen LogP contribution in [0.1, 0.15) is 51.6 Å². The van der Waals surface area contributed by atoms with E-state index in [1.54, 1.807) is 0 Å². The van der Waals surface area contributed by atoms with Gasteiger partial charge in [0.1, 0.15) is 11.5 Å². The molecule has 194 valence electrons. The SMILES string of the molecule is CCN(CC)c1cccc(-c2nn3c(c2-c2ccc4ncn(CCCN5CCCCC5)c4c2)CCC3)n1. The zero-order chi connectivity index (χ0) is 25.2. The van der Waals surface area contributed by atoms with Crippen molar-refractivity contribution in [3.05, 3.63) is 48.4 Å². The van der Waals surface area contributed by atoms with Crippen molar-refractivity contribution in [3.8, 4) is 22.5 Å². The number of imidazole rings is 1. The van der Waals surface area contributed by atoms with Crippen molar-refractivity contribution < 1.29 is 0 Å². The maximum Gasteiger partial charge on any atom is 0.129 e. The lowest BCUT2D eigenvalue weighted by Gasteiger charge is -2.26. The molecule has 2 aliphatic rings. The monoisotopic (exact) mass is 497 g/mol. The van der Waals surface area contributed by atoms with E-state index in [1.807, 2.05) is 6.33 Å². The third-order valence-corrected chi connectivity index (χ3v) is 8.14. The topological polar surface area (TPSA) is 55.0 Å². The summed E-state index contributed by atoms with van der Waals surface area (Å²) in [5.41, 5.74) is 8.03. The van der Waals surface area contributed by atoms with E-state index in [2.05, 4.69) is 69.3 Å². The molecule has 5 heterocycles. The number of anilines is 1. The smallest absolute Gasteiger partial charge is 0.129 e. The van der Waals surface area contributed by atoms with E-state index in [0.717, 1.165) is 68.2 Å². The summed E-state index contributed by atoms with van der Waals surface area (Å²) >= 11 is 0. The Morgan fingerprint density at radius 3 is 2.62 bits per heavy atom. The first-order chi connectivity index (χ1) is 18.2. The molecule has 0 N–H and O–H groups in total. The second-order valence-corrected chi connectivity index (χ2v) is 10.4. The molecule has 0 spiro atoms. The van der Waals surface area contributed by atoms with Crippen molar-refractivity contribution in [1.29, 1.82) is 0 Å². The quantitative estimate of drug-likeness (QED) is 0.300. The fourth-order valence-corrected chi connectivity index (χ4v) is 6.13. The number of nitrogens with zero attached hydrogens (tertiary/aromatic N) is 7. The van der Waals surface area contributed by atoms with Gasteiger partial charge in [-0.15, -0.1) is 0 Å². The van der Waals surface area contributed by atoms with Crippen LogP contribution in [0.5, 0.6) is 0 Å². The van der Waals surface area contributed by atoms with Crippen LogP contribution in [0.2, 0.25) is 0 Å². The summed E-state index contributed by atoms with van der Waals surface area (Å²) in [5, 5.41) is 5.09. The Morgan fingerprint density at radius 2 is 1.78 bits per heavy atom. The Balaban J connectivity index is 1.33. The van der Waals surface area contributed by atoms with E-state index in [9.17, 15) is 0 Å². The van der Waals surface area contributed by atoms with Gasteiger partial charge in [-0.05, 0) is 95.4 Å². The highest BCUT2D eigenvalue weighted by Gasteiger charge is 2.25. The minimum atomic E-state index is 0.942. The Kier molecular flexibility index (Phi) is 6.96. The lowest BCUT2D eigenvalue weighted by molar-refractivity contribution is 0.223. The summed E-state index contributed by atoms with van der Waals surface area (Å²) in [5.74, 6) is 1.02. The number of hydrogen-bond acceptors (Lipinski definition) is 5. The summed E-state index contributed by atoms with van der Waals surface area (Å²) in [6.45, 7) is 11.9. The van der Waals surface area contributed by atoms with E-state index in [-0.39, 0.29) is 0 Å². The van der Waals surface area contributed by atoms with Crippen LogP contribution in [0.15, 0.2) is 42.7 Å². The summed E-state index contributed by atoms with van der Waals surface area (Å²) in [6.07, 6.45) is 9.48. The zero-order valence-electron chi connectivity index (χ0n) is 22.4. The number of piperidine rings is 1. The highest BCUT2D eigenvalue weighted by atomic mass is 15.3. The molecule has 7 nitrogen and oxygen atoms in total. The highest BCUT2D eigenvalue weighted by Crippen LogP contribution is 2.38. The van der Waals surface area contributed by atoms with Crippen LogP contribution in [-0.2, 0) is 19.5 Å². The Labute approximate surface area is 220 Å². The molecule has 3 aromatic heterocycles. The molecule has 1 aromatic carbocycles. The van der Waals surface area contributed by atoms with Crippen molar-refractivity contribution in [2.24, 2.45) is 0 Å².